The topological polar surface area (TPSA) is 25.2 Å². The molecule has 1 heterocycles. The van der Waals surface area contributed by atoms with Crippen LogP contribution in [-0.4, -0.2) is 6.54 Å². The summed E-state index contributed by atoms with van der Waals surface area (Å²) in [5.74, 6) is 0.799. The van der Waals surface area contributed by atoms with E-state index in [9.17, 15) is 0 Å². The molecule has 0 saturated heterocycles. The number of benzene rings is 2. The molecule has 2 aromatic carbocycles. The molecule has 0 spiro atoms. The number of para-hydroxylation sites is 1. The summed E-state index contributed by atoms with van der Waals surface area (Å²) in [5.41, 5.74) is 2.78. The van der Waals surface area contributed by atoms with E-state index in [1.807, 2.05) is 36.4 Å². The van der Waals surface area contributed by atoms with Gasteiger partial charge in [-0.1, -0.05) is 42.3 Å². The lowest BCUT2D eigenvalue weighted by Crippen LogP contribution is -2.12. The molecule has 3 rings (SSSR count). The molecule has 0 aliphatic rings. The van der Waals surface area contributed by atoms with Gasteiger partial charge in [0.25, 0.3) is 0 Å². The van der Waals surface area contributed by atoms with Gasteiger partial charge in [0.05, 0.1) is 5.02 Å². The molecular formula is C17H15Cl2NO. The van der Waals surface area contributed by atoms with Crippen molar-refractivity contribution in [2.45, 2.75) is 13.5 Å². The van der Waals surface area contributed by atoms with E-state index in [-0.39, 0.29) is 0 Å². The highest BCUT2D eigenvalue weighted by atomic mass is 35.5. The Bertz CT molecular complexity index is 780. The quantitative estimate of drug-likeness (QED) is 0.685. The van der Waals surface area contributed by atoms with E-state index >= 15 is 0 Å². The van der Waals surface area contributed by atoms with E-state index in [4.69, 9.17) is 27.6 Å². The highest BCUT2D eigenvalue weighted by Crippen LogP contribution is 2.33. The molecule has 0 unspecified atom stereocenters. The third kappa shape index (κ3) is 2.93. The van der Waals surface area contributed by atoms with Crippen LogP contribution in [0.2, 0.25) is 10.0 Å². The molecule has 21 heavy (non-hydrogen) atoms. The number of rotatable bonds is 4. The normalized spacial score (nSPS) is 11.2. The summed E-state index contributed by atoms with van der Waals surface area (Å²) in [6.07, 6.45) is 0. The molecule has 0 radical (unpaired) electrons. The lowest BCUT2D eigenvalue weighted by atomic mass is 10.1. The maximum atomic E-state index is 6.23. The number of furan rings is 1. The van der Waals surface area contributed by atoms with Crippen LogP contribution in [0.1, 0.15) is 12.5 Å². The molecule has 0 aliphatic heterocycles. The van der Waals surface area contributed by atoms with Crippen molar-refractivity contribution in [2.75, 3.05) is 6.54 Å². The largest absolute Gasteiger partial charge is 0.455 e. The van der Waals surface area contributed by atoms with Crippen LogP contribution in [0.15, 0.2) is 46.9 Å². The van der Waals surface area contributed by atoms with Crippen LogP contribution in [-0.2, 0) is 6.54 Å². The predicted molar refractivity (Wildman–Crippen MR) is 89.1 cm³/mol. The van der Waals surface area contributed by atoms with Crippen molar-refractivity contribution in [1.82, 2.24) is 5.32 Å². The molecule has 0 bridgehead atoms. The maximum absolute atomic E-state index is 6.23. The summed E-state index contributed by atoms with van der Waals surface area (Å²) in [6, 6.07) is 13.7. The van der Waals surface area contributed by atoms with Gasteiger partial charge in [-0.25, -0.2) is 0 Å². The minimum Gasteiger partial charge on any atom is -0.455 e. The summed E-state index contributed by atoms with van der Waals surface area (Å²) in [5, 5.41) is 5.67. The number of halogens is 2. The highest BCUT2D eigenvalue weighted by Gasteiger charge is 2.10. The van der Waals surface area contributed by atoms with Crippen LogP contribution in [0.25, 0.3) is 22.3 Å². The Morgan fingerprint density at radius 1 is 1.05 bits per heavy atom. The molecule has 2 nitrogen and oxygen atoms in total. The van der Waals surface area contributed by atoms with Crippen LogP contribution in [0.5, 0.6) is 0 Å². The fourth-order valence-electron chi connectivity index (χ4n) is 2.29. The smallest absolute Gasteiger partial charge is 0.153 e. The van der Waals surface area contributed by atoms with Crippen molar-refractivity contribution in [1.29, 1.82) is 0 Å². The van der Waals surface area contributed by atoms with Gasteiger partial charge in [0.1, 0.15) is 5.76 Å². The van der Waals surface area contributed by atoms with Gasteiger partial charge >= 0.3 is 0 Å². The molecule has 0 fully saturated rings. The fraction of sp³-hybridized carbons (Fsp3) is 0.176. The molecular weight excluding hydrogens is 305 g/mol. The Kier molecular flexibility index (Phi) is 4.20. The molecule has 3 aromatic rings. The van der Waals surface area contributed by atoms with Crippen molar-refractivity contribution in [3.8, 4) is 11.3 Å². The lowest BCUT2D eigenvalue weighted by molar-refractivity contribution is 0.631. The molecule has 108 valence electrons. The SMILES string of the molecule is CCNCc1cc(-c2cc3cccc(Cl)c3o2)ccc1Cl. The summed E-state index contributed by atoms with van der Waals surface area (Å²) in [7, 11) is 0. The minimum atomic E-state index is 0.626. The average molecular weight is 320 g/mol. The zero-order chi connectivity index (χ0) is 14.8. The summed E-state index contributed by atoms with van der Waals surface area (Å²) in [6.45, 7) is 3.71. The zero-order valence-electron chi connectivity index (χ0n) is 11.6. The number of fused-ring (bicyclic) bond motifs is 1. The van der Waals surface area contributed by atoms with Gasteiger partial charge < -0.3 is 9.73 Å². The number of hydrogen-bond donors (Lipinski definition) is 1. The Morgan fingerprint density at radius 3 is 2.67 bits per heavy atom. The van der Waals surface area contributed by atoms with E-state index in [1.54, 1.807) is 0 Å². The van der Waals surface area contributed by atoms with Gasteiger partial charge in [-0.3, -0.25) is 0 Å². The first-order valence-electron chi connectivity index (χ1n) is 6.86. The van der Waals surface area contributed by atoms with Crippen molar-refractivity contribution in [2.24, 2.45) is 0 Å². The zero-order valence-corrected chi connectivity index (χ0v) is 13.1. The molecule has 0 aliphatic carbocycles. The Morgan fingerprint density at radius 2 is 1.90 bits per heavy atom. The van der Waals surface area contributed by atoms with Gasteiger partial charge in [0.2, 0.25) is 0 Å². The number of hydrogen-bond acceptors (Lipinski definition) is 2. The van der Waals surface area contributed by atoms with Gasteiger partial charge in [-0.05, 0) is 42.4 Å². The standard InChI is InChI=1S/C17H15Cl2NO/c1-2-20-10-13-8-11(6-7-14(13)18)16-9-12-4-3-5-15(19)17(12)21-16/h3-9,20H,2,10H2,1H3. The lowest BCUT2D eigenvalue weighted by Gasteiger charge is -2.06. The molecule has 1 aromatic heterocycles. The van der Waals surface area contributed by atoms with Gasteiger partial charge in [-0.15, -0.1) is 0 Å². The third-order valence-electron chi connectivity index (χ3n) is 3.39. The highest BCUT2D eigenvalue weighted by molar-refractivity contribution is 6.34. The Labute approximate surface area is 133 Å². The minimum absolute atomic E-state index is 0.626. The molecule has 4 heteroatoms. The maximum Gasteiger partial charge on any atom is 0.153 e. The fourth-order valence-corrected chi connectivity index (χ4v) is 2.70. The third-order valence-corrected chi connectivity index (χ3v) is 4.06. The van der Waals surface area contributed by atoms with Crippen LogP contribution < -0.4 is 5.32 Å². The van der Waals surface area contributed by atoms with E-state index in [0.29, 0.717) is 5.02 Å². The van der Waals surface area contributed by atoms with E-state index in [2.05, 4.69) is 18.3 Å². The van der Waals surface area contributed by atoms with Crippen LogP contribution in [0, 0.1) is 0 Å². The van der Waals surface area contributed by atoms with E-state index in [0.717, 1.165) is 46.0 Å². The van der Waals surface area contributed by atoms with Crippen LogP contribution in [0.3, 0.4) is 0 Å². The van der Waals surface area contributed by atoms with Crippen molar-refractivity contribution >= 4 is 34.2 Å². The summed E-state index contributed by atoms with van der Waals surface area (Å²) < 4.78 is 5.89. The first-order chi connectivity index (χ1) is 10.2. The number of nitrogens with one attached hydrogen (secondary N) is 1. The van der Waals surface area contributed by atoms with Crippen molar-refractivity contribution in [3.05, 3.63) is 58.1 Å². The molecule has 0 amide bonds. The second-order valence-electron chi connectivity index (χ2n) is 4.86. The van der Waals surface area contributed by atoms with Gasteiger partial charge in [0, 0.05) is 22.5 Å². The first-order valence-corrected chi connectivity index (χ1v) is 7.62. The molecule has 0 atom stereocenters. The second kappa shape index (κ2) is 6.10. The van der Waals surface area contributed by atoms with E-state index < -0.39 is 0 Å². The van der Waals surface area contributed by atoms with E-state index in [1.165, 1.54) is 0 Å². The van der Waals surface area contributed by atoms with Crippen LogP contribution >= 0.6 is 23.2 Å². The average Bonchev–Trinajstić information content (AvgIpc) is 2.92. The van der Waals surface area contributed by atoms with Crippen molar-refractivity contribution < 1.29 is 4.42 Å². The van der Waals surface area contributed by atoms with Crippen LogP contribution in [0.4, 0.5) is 0 Å². The monoisotopic (exact) mass is 319 g/mol. The molecule has 0 saturated carbocycles. The predicted octanol–water partition coefficient (Wildman–Crippen LogP) is 5.52. The summed E-state index contributed by atoms with van der Waals surface area (Å²) >= 11 is 12.4. The summed E-state index contributed by atoms with van der Waals surface area (Å²) in [4.78, 5) is 0. The first kappa shape index (κ1) is 14.5. The Hall–Kier alpha value is -1.48. The Balaban J connectivity index is 2.03. The van der Waals surface area contributed by atoms with Gasteiger partial charge in [0.15, 0.2) is 5.58 Å². The molecule has 1 N–H and O–H groups in total. The van der Waals surface area contributed by atoms with Gasteiger partial charge in [-0.2, -0.15) is 0 Å². The van der Waals surface area contributed by atoms with Crippen molar-refractivity contribution in [3.63, 3.8) is 0 Å². The second-order valence-corrected chi connectivity index (χ2v) is 5.67.